The van der Waals surface area contributed by atoms with Crippen molar-refractivity contribution in [3.05, 3.63) is 55.4 Å². The van der Waals surface area contributed by atoms with Crippen LogP contribution in [0.1, 0.15) is 23.1 Å². The number of nitrogens with zero attached hydrogens (tertiary/aromatic N) is 5. The lowest BCUT2D eigenvalue weighted by Crippen LogP contribution is -2.22. The van der Waals surface area contributed by atoms with E-state index >= 15 is 0 Å². The number of rotatable bonds is 7. The summed E-state index contributed by atoms with van der Waals surface area (Å²) in [5.74, 6) is -0.424. The van der Waals surface area contributed by atoms with Crippen molar-refractivity contribution < 1.29 is 14.8 Å². The third-order valence-electron chi connectivity index (χ3n) is 4.15. The standard InChI is InChI=1S/C18H19N5O5/c1-11-9-13(23(26)27)5-6-15(11)20-21-16-12(2)14(10-19)17(24)22(18(16)25)7-4-8-28-3/h5-6,9,24H,4,7-8H2,1-3H3. The second kappa shape index (κ2) is 8.88. The molecule has 0 fully saturated rings. The molecule has 1 aromatic carbocycles. The summed E-state index contributed by atoms with van der Waals surface area (Å²) in [6.45, 7) is 3.65. The van der Waals surface area contributed by atoms with Gasteiger partial charge in [0.25, 0.3) is 11.2 Å². The van der Waals surface area contributed by atoms with Crippen LogP contribution in [0, 0.1) is 35.3 Å². The summed E-state index contributed by atoms with van der Waals surface area (Å²) in [6, 6.07) is 5.93. The third kappa shape index (κ3) is 4.21. The minimum Gasteiger partial charge on any atom is -0.493 e. The van der Waals surface area contributed by atoms with Crippen molar-refractivity contribution in [2.75, 3.05) is 13.7 Å². The summed E-state index contributed by atoms with van der Waals surface area (Å²) in [5.41, 5.74) is 0.252. The Morgan fingerprint density at radius 1 is 1.36 bits per heavy atom. The molecule has 1 aromatic heterocycles. The van der Waals surface area contributed by atoms with Crippen molar-refractivity contribution >= 4 is 17.1 Å². The van der Waals surface area contributed by atoms with Crippen molar-refractivity contribution in [2.24, 2.45) is 10.2 Å². The molecule has 0 bridgehead atoms. The Morgan fingerprint density at radius 2 is 2.07 bits per heavy atom. The average molecular weight is 385 g/mol. The molecular formula is C18H19N5O5. The fourth-order valence-electron chi connectivity index (χ4n) is 2.60. The molecule has 0 aliphatic rings. The monoisotopic (exact) mass is 385 g/mol. The first kappa shape index (κ1) is 20.7. The smallest absolute Gasteiger partial charge is 0.281 e. The molecule has 2 rings (SSSR count). The number of aromatic nitrogens is 1. The predicted molar refractivity (Wildman–Crippen MR) is 100 cm³/mol. The second-order valence-electron chi connectivity index (χ2n) is 6.02. The molecule has 10 nitrogen and oxygen atoms in total. The van der Waals surface area contributed by atoms with Gasteiger partial charge in [-0.1, -0.05) is 0 Å². The molecule has 0 aliphatic heterocycles. The molecule has 0 spiro atoms. The Kier molecular flexibility index (Phi) is 6.57. The molecule has 0 radical (unpaired) electrons. The van der Waals surface area contributed by atoms with Gasteiger partial charge in [0.05, 0.1) is 10.6 Å². The molecular weight excluding hydrogens is 366 g/mol. The van der Waals surface area contributed by atoms with Gasteiger partial charge < -0.3 is 9.84 Å². The first-order valence-corrected chi connectivity index (χ1v) is 8.34. The summed E-state index contributed by atoms with van der Waals surface area (Å²) >= 11 is 0. The van der Waals surface area contributed by atoms with E-state index in [0.717, 1.165) is 4.57 Å². The third-order valence-corrected chi connectivity index (χ3v) is 4.15. The minimum absolute atomic E-state index is 0.0635. The van der Waals surface area contributed by atoms with Crippen LogP contribution in [0.25, 0.3) is 0 Å². The first-order chi connectivity index (χ1) is 13.3. The molecule has 146 valence electrons. The Labute approximate surface area is 160 Å². The Hall–Kier alpha value is -3.58. The number of aromatic hydroxyl groups is 1. The maximum absolute atomic E-state index is 12.7. The van der Waals surface area contributed by atoms with E-state index in [4.69, 9.17) is 4.74 Å². The van der Waals surface area contributed by atoms with E-state index in [1.165, 1.54) is 32.2 Å². The van der Waals surface area contributed by atoms with Gasteiger partial charge in [-0.25, -0.2) is 0 Å². The van der Waals surface area contributed by atoms with Gasteiger partial charge >= 0.3 is 0 Å². The number of nitriles is 1. The number of aryl methyl sites for hydroxylation is 1. The molecule has 0 aliphatic carbocycles. The number of nitro groups is 1. The predicted octanol–water partition coefficient (Wildman–Crippen LogP) is 3.40. The van der Waals surface area contributed by atoms with Gasteiger partial charge in [0, 0.05) is 38.0 Å². The molecule has 0 amide bonds. The van der Waals surface area contributed by atoms with Crippen molar-refractivity contribution in [3.63, 3.8) is 0 Å². The number of methoxy groups -OCH3 is 1. The summed E-state index contributed by atoms with van der Waals surface area (Å²) < 4.78 is 6.00. The maximum Gasteiger partial charge on any atom is 0.281 e. The van der Waals surface area contributed by atoms with Crippen LogP contribution in [0.5, 0.6) is 5.88 Å². The molecule has 1 heterocycles. The van der Waals surface area contributed by atoms with Gasteiger partial charge in [-0.2, -0.15) is 10.4 Å². The minimum atomic E-state index is -0.589. The van der Waals surface area contributed by atoms with Gasteiger partial charge in [-0.05, 0) is 31.9 Å². The lowest BCUT2D eigenvalue weighted by Gasteiger charge is -2.12. The maximum atomic E-state index is 12.7. The second-order valence-corrected chi connectivity index (χ2v) is 6.02. The SMILES string of the molecule is COCCCn1c(O)c(C#N)c(C)c(N=Nc2ccc([N+](=O)[O-])cc2C)c1=O. The van der Waals surface area contributed by atoms with Crippen molar-refractivity contribution in [1.29, 1.82) is 5.26 Å². The highest BCUT2D eigenvalue weighted by atomic mass is 16.6. The number of hydrogen-bond donors (Lipinski definition) is 1. The summed E-state index contributed by atoms with van der Waals surface area (Å²) in [6.07, 6.45) is 0.454. The van der Waals surface area contributed by atoms with Crippen LogP contribution in [0.4, 0.5) is 17.1 Å². The Bertz CT molecular complexity index is 1040. The zero-order valence-electron chi connectivity index (χ0n) is 15.7. The number of non-ortho nitro benzene ring substituents is 1. The summed E-state index contributed by atoms with van der Waals surface area (Å²) in [7, 11) is 1.52. The van der Waals surface area contributed by atoms with E-state index in [9.17, 15) is 25.3 Å². The van der Waals surface area contributed by atoms with Gasteiger partial charge in [0.1, 0.15) is 11.6 Å². The van der Waals surface area contributed by atoms with Gasteiger partial charge in [-0.3, -0.25) is 19.5 Å². The number of ether oxygens (including phenoxy) is 1. The van der Waals surface area contributed by atoms with Gasteiger partial charge in [0.15, 0.2) is 5.69 Å². The van der Waals surface area contributed by atoms with Crippen LogP contribution >= 0.6 is 0 Å². The summed E-state index contributed by atoms with van der Waals surface area (Å²) in [5, 5.41) is 38.4. The lowest BCUT2D eigenvalue weighted by molar-refractivity contribution is -0.384. The van der Waals surface area contributed by atoms with E-state index in [0.29, 0.717) is 24.3 Å². The lowest BCUT2D eigenvalue weighted by atomic mass is 10.1. The molecule has 0 saturated heterocycles. The molecule has 0 saturated carbocycles. The zero-order chi connectivity index (χ0) is 20.8. The van der Waals surface area contributed by atoms with Crippen LogP contribution in [-0.2, 0) is 11.3 Å². The van der Waals surface area contributed by atoms with Crippen molar-refractivity contribution in [3.8, 4) is 11.9 Å². The average Bonchev–Trinajstić information content (AvgIpc) is 2.65. The number of benzene rings is 1. The van der Waals surface area contributed by atoms with Crippen LogP contribution < -0.4 is 5.56 Å². The quantitative estimate of drug-likeness (QED) is 0.335. The highest BCUT2D eigenvalue weighted by Crippen LogP contribution is 2.29. The molecule has 2 aromatic rings. The number of hydrogen-bond acceptors (Lipinski definition) is 8. The van der Waals surface area contributed by atoms with E-state index < -0.39 is 16.4 Å². The van der Waals surface area contributed by atoms with E-state index in [2.05, 4.69) is 10.2 Å². The molecule has 10 heteroatoms. The topological polar surface area (TPSA) is 143 Å². The Morgan fingerprint density at radius 3 is 2.64 bits per heavy atom. The number of azo groups is 1. The van der Waals surface area contributed by atoms with Crippen LogP contribution in [0.15, 0.2) is 33.2 Å². The fraction of sp³-hybridized carbons (Fsp3) is 0.333. The van der Waals surface area contributed by atoms with Gasteiger partial charge in [0.2, 0.25) is 5.88 Å². The zero-order valence-corrected chi connectivity index (χ0v) is 15.7. The summed E-state index contributed by atoms with van der Waals surface area (Å²) in [4.78, 5) is 23.0. The highest BCUT2D eigenvalue weighted by molar-refractivity contribution is 5.57. The first-order valence-electron chi connectivity index (χ1n) is 8.34. The molecule has 28 heavy (non-hydrogen) atoms. The van der Waals surface area contributed by atoms with Gasteiger partial charge in [-0.15, -0.1) is 5.11 Å². The number of pyridine rings is 1. The van der Waals surface area contributed by atoms with E-state index in [-0.39, 0.29) is 29.0 Å². The van der Waals surface area contributed by atoms with Crippen LogP contribution in [0.2, 0.25) is 0 Å². The molecule has 0 atom stereocenters. The van der Waals surface area contributed by atoms with Crippen molar-refractivity contribution in [2.45, 2.75) is 26.8 Å². The van der Waals surface area contributed by atoms with Crippen molar-refractivity contribution in [1.82, 2.24) is 4.57 Å². The fourth-order valence-corrected chi connectivity index (χ4v) is 2.60. The van der Waals surface area contributed by atoms with Crippen LogP contribution in [0.3, 0.4) is 0 Å². The number of nitro benzene ring substituents is 1. The molecule has 1 N–H and O–H groups in total. The normalized spacial score (nSPS) is 10.9. The molecule has 0 unspecified atom stereocenters. The van der Waals surface area contributed by atoms with E-state index in [1.54, 1.807) is 6.92 Å². The Balaban J connectivity index is 2.52. The van der Waals surface area contributed by atoms with Crippen LogP contribution in [-0.4, -0.2) is 28.3 Å². The van der Waals surface area contributed by atoms with E-state index in [1.807, 2.05) is 6.07 Å². The largest absolute Gasteiger partial charge is 0.493 e. The highest BCUT2D eigenvalue weighted by Gasteiger charge is 2.19.